The molecule has 29 heavy (non-hydrogen) atoms. The van der Waals surface area contributed by atoms with Crippen LogP contribution in [0.5, 0.6) is 0 Å². The Kier molecular flexibility index (Phi) is 7.02. The smallest absolute Gasteiger partial charge is 0.414 e. The molecule has 0 fully saturated rings. The predicted molar refractivity (Wildman–Crippen MR) is 110 cm³/mol. The summed E-state index contributed by atoms with van der Waals surface area (Å²) < 4.78 is 0. The van der Waals surface area contributed by atoms with Gasteiger partial charge in [-0.3, -0.25) is 4.90 Å². The van der Waals surface area contributed by atoms with Crippen LogP contribution in [-0.2, 0) is 29.0 Å². The lowest BCUT2D eigenvalue weighted by molar-refractivity contribution is -0.159. The Bertz CT molecular complexity index is 919. The highest BCUT2D eigenvalue weighted by molar-refractivity contribution is 7.10. The van der Waals surface area contributed by atoms with Crippen molar-refractivity contribution in [2.75, 3.05) is 13.1 Å². The Morgan fingerprint density at radius 2 is 1.97 bits per heavy atom. The van der Waals surface area contributed by atoms with Crippen molar-refractivity contribution in [1.29, 1.82) is 5.26 Å². The Labute approximate surface area is 174 Å². The first-order valence-corrected chi connectivity index (χ1v) is 10.6. The van der Waals surface area contributed by atoms with E-state index in [1.807, 2.05) is 17.4 Å². The molecule has 1 aromatic heterocycles. The van der Waals surface area contributed by atoms with Crippen LogP contribution < -0.4 is 0 Å². The molecule has 0 bridgehead atoms. The number of nitriles is 1. The number of carbonyl (C=O) groups is 2. The maximum Gasteiger partial charge on any atom is 0.414 e. The molecule has 1 aromatic carbocycles. The summed E-state index contributed by atoms with van der Waals surface area (Å²) in [6.07, 6.45) is 6.39. The van der Waals surface area contributed by atoms with Crippen LogP contribution in [0, 0.1) is 11.3 Å². The quantitative estimate of drug-likeness (QED) is 0.746. The van der Waals surface area contributed by atoms with Crippen molar-refractivity contribution in [3.8, 4) is 6.07 Å². The number of thiophene rings is 1. The molecule has 2 aliphatic rings. The molecular formula is C22H24N2O4S. The first-order valence-electron chi connectivity index (χ1n) is 9.74. The van der Waals surface area contributed by atoms with Gasteiger partial charge >= 0.3 is 11.9 Å². The standard InChI is InChI=1S/C20H22N2S.C2H2O4/c21-13-15-4-5-16-6-9-22(14-18(16)12-15)10-7-17-2-1-3-20-19(17)8-11-23-20;3-1(4)2(5)6/h4-5,8,11-12,17H,1-3,6-7,9-10,14H2;(H,3,4)(H,5,6). The Hall–Kier alpha value is -2.69. The number of nitrogens with zero attached hydrogens (tertiary/aromatic N) is 2. The minimum absolute atomic E-state index is 0.761. The first-order chi connectivity index (χ1) is 14.0. The van der Waals surface area contributed by atoms with Gasteiger partial charge in [-0.1, -0.05) is 6.07 Å². The van der Waals surface area contributed by atoms with Gasteiger partial charge in [0.2, 0.25) is 0 Å². The molecule has 4 rings (SSSR count). The average molecular weight is 413 g/mol. The molecule has 1 unspecified atom stereocenters. The maximum atomic E-state index is 9.10. The lowest BCUT2D eigenvalue weighted by Gasteiger charge is -2.31. The van der Waals surface area contributed by atoms with Crippen LogP contribution >= 0.6 is 11.3 Å². The number of aryl methyl sites for hydroxylation is 1. The van der Waals surface area contributed by atoms with Crippen molar-refractivity contribution in [3.63, 3.8) is 0 Å². The number of hydrogen-bond donors (Lipinski definition) is 2. The summed E-state index contributed by atoms with van der Waals surface area (Å²) in [6, 6.07) is 10.8. The second-order valence-electron chi connectivity index (χ2n) is 7.41. The molecule has 0 amide bonds. The van der Waals surface area contributed by atoms with Gasteiger partial charge in [0.15, 0.2) is 0 Å². The normalized spacial score (nSPS) is 17.8. The SMILES string of the molecule is N#Cc1ccc2c(c1)CN(CCC1CCCc3sccc31)CC2.O=C(O)C(=O)O. The van der Waals surface area contributed by atoms with Gasteiger partial charge in [-0.15, -0.1) is 11.3 Å². The van der Waals surface area contributed by atoms with E-state index in [0.29, 0.717) is 0 Å². The highest BCUT2D eigenvalue weighted by Gasteiger charge is 2.23. The number of aliphatic carboxylic acids is 2. The molecule has 0 radical (unpaired) electrons. The molecule has 0 spiro atoms. The molecule has 7 heteroatoms. The third-order valence-electron chi connectivity index (χ3n) is 5.58. The Morgan fingerprint density at radius 3 is 2.69 bits per heavy atom. The number of carboxylic acid groups (broad SMARTS) is 2. The fourth-order valence-corrected chi connectivity index (χ4v) is 5.11. The third-order valence-corrected chi connectivity index (χ3v) is 6.58. The van der Waals surface area contributed by atoms with Crippen molar-refractivity contribution >= 4 is 23.3 Å². The zero-order valence-electron chi connectivity index (χ0n) is 16.1. The van der Waals surface area contributed by atoms with E-state index in [9.17, 15) is 0 Å². The second kappa shape index (κ2) is 9.68. The molecule has 1 aliphatic heterocycles. The van der Waals surface area contributed by atoms with Crippen LogP contribution in [0.4, 0.5) is 0 Å². The van der Waals surface area contributed by atoms with Crippen LogP contribution in [0.15, 0.2) is 29.6 Å². The summed E-state index contributed by atoms with van der Waals surface area (Å²) in [5.74, 6) is -2.89. The number of carboxylic acids is 2. The summed E-state index contributed by atoms with van der Waals surface area (Å²) >= 11 is 1.94. The van der Waals surface area contributed by atoms with Crippen molar-refractivity contribution in [3.05, 3.63) is 56.8 Å². The predicted octanol–water partition coefficient (Wildman–Crippen LogP) is 3.64. The largest absolute Gasteiger partial charge is 0.473 e. The third kappa shape index (κ3) is 5.43. The summed E-state index contributed by atoms with van der Waals surface area (Å²) in [4.78, 5) is 22.4. The summed E-state index contributed by atoms with van der Waals surface area (Å²) in [5.41, 5.74) is 5.21. The van der Waals surface area contributed by atoms with E-state index in [4.69, 9.17) is 25.1 Å². The fourth-order valence-electron chi connectivity index (χ4n) is 4.10. The monoisotopic (exact) mass is 412 g/mol. The van der Waals surface area contributed by atoms with Gasteiger partial charge in [-0.05, 0) is 84.8 Å². The van der Waals surface area contributed by atoms with Gasteiger partial charge in [0.1, 0.15) is 0 Å². The molecule has 152 valence electrons. The minimum atomic E-state index is -1.82. The zero-order chi connectivity index (χ0) is 20.8. The van der Waals surface area contributed by atoms with E-state index < -0.39 is 11.9 Å². The summed E-state index contributed by atoms with van der Waals surface area (Å²) in [6.45, 7) is 3.34. The maximum absolute atomic E-state index is 9.10. The van der Waals surface area contributed by atoms with Gasteiger partial charge < -0.3 is 10.2 Å². The lowest BCUT2D eigenvalue weighted by atomic mass is 9.85. The lowest BCUT2D eigenvalue weighted by Crippen LogP contribution is -2.32. The van der Waals surface area contributed by atoms with Crippen LogP contribution in [-0.4, -0.2) is 40.1 Å². The molecular weight excluding hydrogens is 388 g/mol. The molecule has 0 saturated heterocycles. The van der Waals surface area contributed by atoms with Crippen molar-refractivity contribution in [2.24, 2.45) is 0 Å². The number of rotatable bonds is 3. The fraction of sp³-hybridized carbons (Fsp3) is 0.409. The summed E-state index contributed by atoms with van der Waals surface area (Å²) in [5, 5.41) is 26.1. The Morgan fingerprint density at radius 1 is 1.17 bits per heavy atom. The van der Waals surface area contributed by atoms with E-state index in [2.05, 4.69) is 34.5 Å². The molecule has 6 nitrogen and oxygen atoms in total. The van der Waals surface area contributed by atoms with E-state index in [1.165, 1.54) is 43.4 Å². The van der Waals surface area contributed by atoms with Gasteiger partial charge in [0.25, 0.3) is 0 Å². The average Bonchev–Trinajstić information content (AvgIpc) is 3.21. The minimum Gasteiger partial charge on any atom is -0.473 e. The highest BCUT2D eigenvalue weighted by Crippen LogP contribution is 2.37. The summed E-state index contributed by atoms with van der Waals surface area (Å²) in [7, 11) is 0. The number of benzene rings is 1. The first kappa shape index (κ1) is 21.0. The van der Waals surface area contributed by atoms with E-state index >= 15 is 0 Å². The molecule has 0 saturated carbocycles. The van der Waals surface area contributed by atoms with Crippen LogP contribution in [0.2, 0.25) is 0 Å². The molecule has 1 aliphatic carbocycles. The van der Waals surface area contributed by atoms with Crippen LogP contribution in [0.3, 0.4) is 0 Å². The molecule has 2 N–H and O–H groups in total. The van der Waals surface area contributed by atoms with Crippen LogP contribution in [0.25, 0.3) is 0 Å². The zero-order valence-corrected chi connectivity index (χ0v) is 17.0. The topological polar surface area (TPSA) is 102 Å². The van der Waals surface area contributed by atoms with Gasteiger partial charge in [-0.25, -0.2) is 9.59 Å². The molecule has 2 aromatic rings. The second-order valence-corrected chi connectivity index (χ2v) is 8.41. The van der Waals surface area contributed by atoms with Crippen molar-refractivity contribution < 1.29 is 19.8 Å². The van der Waals surface area contributed by atoms with Gasteiger partial charge in [-0.2, -0.15) is 5.26 Å². The highest BCUT2D eigenvalue weighted by atomic mass is 32.1. The van der Waals surface area contributed by atoms with Gasteiger partial charge in [0.05, 0.1) is 11.6 Å². The van der Waals surface area contributed by atoms with Crippen LogP contribution in [0.1, 0.15) is 52.3 Å². The van der Waals surface area contributed by atoms with E-state index in [-0.39, 0.29) is 0 Å². The molecule has 2 heterocycles. The number of hydrogen-bond acceptors (Lipinski definition) is 5. The number of fused-ring (bicyclic) bond motifs is 2. The van der Waals surface area contributed by atoms with E-state index in [1.54, 1.807) is 10.4 Å². The van der Waals surface area contributed by atoms with Gasteiger partial charge in [0, 0.05) is 18.0 Å². The van der Waals surface area contributed by atoms with E-state index in [0.717, 1.165) is 31.0 Å². The Balaban J connectivity index is 0.000000353. The van der Waals surface area contributed by atoms with Crippen molar-refractivity contribution in [1.82, 2.24) is 4.90 Å². The van der Waals surface area contributed by atoms with Crippen molar-refractivity contribution in [2.45, 2.75) is 44.6 Å². The molecule has 1 atom stereocenters.